The molecule has 0 aliphatic carbocycles. The van der Waals surface area contributed by atoms with Crippen LogP contribution in [-0.4, -0.2) is 4.98 Å². The third-order valence-electron chi connectivity index (χ3n) is 2.72. The van der Waals surface area contributed by atoms with Gasteiger partial charge in [0.05, 0.1) is 11.7 Å². The number of hydrogen-bond acceptors (Lipinski definition) is 3. The zero-order chi connectivity index (χ0) is 13.8. The molecule has 2 rings (SSSR count). The van der Waals surface area contributed by atoms with E-state index in [1.165, 1.54) is 5.56 Å². The van der Waals surface area contributed by atoms with Crippen LogP contribution in [0.25, 0.3) is 0 Å². The highest BCUT2D eigenvalue weighted by molar-refractivity contribution is 9.11. The third kappa shape index (κ3) is 4.10. The molecule has 0 aliphatic rings. The van der Waals surface area contributed by atoms with Crippen LogP contribution in [0.3, 0.4) is 0 Å². The Bertz CT molecular complexity index is 558. The highest BCUT2D eigenvalue weighted by Crippen LogP contribution is 2.26. The number of benzene rings is 1. The van der Waals surface area contributed by atoms with Crippen molar-refractivity contribution in [3.05, 3.63) is 61.2 Å². The van der Waals surface area contributed by atoms with Crippen LogP contribution in [0.2, 0.25) is 0 Å². The molecule has 100 valence electrons. The molecular weight excluding hydrogens is 438 g/mol. The average molecular weight is 450 g/mol. The molecule has 0 saturated carbocycles. The summed E-state index contributed by atoms with van der Waals surface area (Å²) in [5.74, 6) is 5.66. The second-order valence-corrected chi connectivity index (χ2v) is 6.76. The standard InChI is InChI=1S/C13H12Br3N3/c14-9-3-1-8(2-4-9)5-12(19-17)13-11(16)6-10(15)7-18-13/h1-4,6-7,12,19H,5,17H2. The third-order valence-corrected chi connectivity index (χ3v) is 4.32. The van der Waals surface area contributed by atoms with E-state index in [1.807, 2.05) is 18.2 Å². The van der Waals surface area contributed by atoms with E-state index in [0.717, 1.165) is 25.5 Å². The van der Waals surface area contributed by atoms with E-state index in [4.69, 9.17) is 5.84 Å². The molecule has 2 aromatic rings. The lowest BCUT2D eigenvalue weighted by Gasteiger charge is -2.17. The highest BCUT2D eigenvalue weighted by atomic mass is 79.9. The fourth-order valence-corrected chi connectivity index (χ4v) is 3.30. The lowest BCUT2D eigenvalue weighted by molar-refractivity contribution is 0.536. The first-order valence-electron chi connectivity index (χ1n) is 5.61. The first-order chi connectivity index (χ1) is 9.10. The zero-order valence-corrected chi connectivity index (χ0v) is 14.7. The topological polar surface area (TPSA) is 50.9 Å². The fraction of sp³-hybridized carbons (Fsp3) is 0.154. The molecule has 1 aromatic heterocycles. The molecule has 19 heavy (non-hydrogen) atoms. The Morgan fingerprint density at radius 1 is 1.11 bits per heavy atom. The molecular formula is C13H12Br3N3. The van der Waals surface area contributed by atoms with Crippen LogP contribution in [0, 0.1) is 0 Å². The van der Waals surface area contributed by atoms with Gasteiger partial charge in [-0.3, -0.25) is 16.3 Å². The van der Waals surface area contributed by atoms with Crippen molar-refractivity contribution in [3.8, 4) is 0 Å². The number of pyridine rings is 1. The molecule has 0 fully saturated rings. The van der Waals surface area contributed by atoms with Gasteiger partial charge in [-0.2, -0.15) is 0 Å². The molecule has 0 bridgehead atoms. The van der Waals surface area contributed by atoms with Crippen LogP contribution >= 0.6 is 47.8 Å². The monoisotopic (exact) mass is 447 g/mol. The minimum atomic E-state index is -0.0383. The Morgan fingerprint density at radius 3 is 2.37 bits per heavy atom. The van der Waals surface area contributed by atoms with Crippen molar-refractivity contribution in [2.75, 3.05) is 0 Å². The van der Waals surface area contributed by atoms with Crippen LogP contribution in [-0.2, 0) is 6.42 Å². The maximum Gasteiger partial charge on any atom is 0.0732 e. The molecule has 1 atom stereocenters. The van der Waals surface area contributed by atoms with Gasteiger partial charge in [0.25, 0.3) is 0 Å². The Hall–Kier alpha value is -0.270. The number of halogens is 3. The van der Waals surface area contributed by atoms with Crippen molar-refractivity contribution in [1.29, 1.82) is 0 Å². The first kappa shape index (κ1) is 15.1. The molecule has 3 nitrogen and oxygen atoms in total. The van der Waals surface area contributed by atoms with Crippen LogP contribution in [0.4, 0.5) is 0 Å². The van der Waals surface area contributed by atoms with Gasteiger partial charge in [-0.1, -0.05) is 28.1 Å². The van der Waals surface area contributed by atoms with E-state index in [-0.39, 0.29) is 6.04 Å². The molecule has 0 aliphatic heterocycles. The smallest absolute Gasteiger partial charge is 0.0732 e. The summed E-state index contributed by atoms with van der Waals surface area (Å²) in [6.45, 7) is 0. The van der Waals surface area contributed by atoms with Gasteiger partial charge in [-0.15, -0.1) is 0 Å². The molecule has 0 amide bonds. The summed E-state index contributed by atoms with van der Waals surface area (Å²) >= 11 is 10.3. The molecule has 0 saturated heterocycles. The van der Waals surface area contributed by atoms with E-state index in [1.54, 1.807) is 6.20 Å². The second kappa shape index (κ2) is 6.95. The largest absolute Gasteiger partial charge is 0.271 e. The molecule has 3 N–H and O–H groups in total. The Morgan fingerprint density at radius 2 is 1.79 bits per heavy atom. The van der Waals surface area contributed by atoms with Gasteiger partial charge in [-0.25, -0.2) is 0 Å². The summed E-state index contributed by atoms with van der Waals surface area (Å²) in [6, 6.07) is 10.1. The van der Waals surface area contributed by atoms with Crippen LogP contribution in [0.15, 0.2) is 49.9 Å². The first-order valence-corrected chi connectivity index (χ1v) is 7.99. The summed E-state index contributed by atoms with van der Waals surface area (Å²) in [4.78, 5) is 4.42. The minimum absolute atomic E-state index is 0.0383. The molecule has 0 spiro atoms. The van der Waals surface area contributed by atoms with Crippen molar-refractivity contribution in [2.24, 2.45) is 5.84 Å². The predicted octanol–water partition coefficient (Wildman–Crippen LogP) is 4.12. The van der Waals surface area contributed by atoms with Crippen molar-refractivity contribution in [3.63, 3.8) is 0 Å². The maximum absolute atomic E-state index is 5.66. The highest BCUT2D eigenvalue weighted by Gasteiger charge is 2.15. The number of aromatic nitrogens is 1. The van der Waals surface area contributed by atoms with Gasteiger partial charge in [-0.05, 0) is 62.0 Å². The molecule has 1 aromatic carbocycles. The molecule has 1 heterocycles. The summed E-state index contributed by atoms with van der Waals surface area (Å²) < 4.78 is 2.93. The van der Waals surface area contributed by atoms with Gasteiger partial charge in [0.1, 0.15) is 0 Å². The normalized spacial score (nSPS) is 12.4. The second-order valence-electron chi connectivity index (χ2n) is 4.07. The quantitative estimate of drug-likeness (QED) is 0.545. The van der Waals surface area contributed by atoms with Gasteiger partial charge in [0.15, 0.2) is 0 Å². The van der Waals surface area contributed by atoms with Crippen molar-refractivity contribution >= 4 is 47.8 Å². The van der Waals surface area contributed by atoms with E-state index in [2.05, 4.69) is 70.3 Å². The Balaban J connectivity index is 2.22. The maximum atomic E-state index is 5.66. The van der Waals surface area contributed by atoms with Crippen LogP contribution in [0.5, 0.6) is 0 Å². The fourth-order valence-electron chi connectivity index (χ4n) is 1.77. The summed E-state index contributed by atoms with van der Waals surface area (Å²) in [6.07, 6.45) is 2.54. The lowest BCUT2D eigenvalue weighted by Crippen LogP contribution is -2.30. The molecule has 0 radical (unpaired) electrons. The van der Waals surface area contributed by atoms with Gasteiger partial charge in [0, 0.05) is 19.6 Å². The number of nitrogens with one attached hydrogen (secondary N) is 1. The summed E-state index contributed by atoms with van der Waals surface area (Å²) in [7, 11) is 0. The van der Waals surface area contributed by atoms with Crippen molar-refractivity contribution in [1.82, 2.24) is 10.4 Å². The number of rotatable bonds is 4. The van der Waals surface area contributed by atoms with Gasteiger partial charge in [0.2, 0.25) is 0 Å². The number of nitrogens with zero attached hydrogens (tertiary/aromatic N) is 1. The van der Waals surface area contributed by atoms with Crippen LogP contribution in [0.1, 0.15) is 17.3 Å². The van der Waals surface area contributed by atoms with E-state index < -0.39 is 0 Å². The number of hydrogen-bond donors (Lipinski definition) is 2. The van der Waals surface area contributed by atoms with E-state index >= 15 is 0 Å². The SMILES string of the molecule is NNC(Cc1ccc(Br)cc1)c1ncc(Br)cc1Br. The zero-order valence-electron chi connectivity index (χ0n) is 9.91. The number of nitrogens with two attached hydrogens (primary N) is 1. The molecule has 1 unspecified atom stereocenters. The summed E-state index contributed by atoms with van der Waals surface area (Å²) in [5.41, 5.74) is 4.92. The van der Waals surface area contributed by atoms with Crippen molar-refractivity contribution in [2.45, 2.75) is 12.5 Å². The lowest BCUT2D eigenvalue weighted by atomic mass is 10.0. The molecule has 6 heteroatoms. The van der Waals surface area contributed by atoms with Crippen LogP contribution < -0.4 is 11.3 Å². The van der Waals surface area contributed by atoms with E-state index in [9.17, 15) is 0 Å². The number of hydrazine groups is 1. The Kier molecular flexibility index (Phi) is 5.53. The minimum Gasteiger partial charge on any atom is -0.271 e. The Labute approximate surface area is 137 Å². The summed E-state index contributed by atoms with van der Waals surface area (Å²) in [5, 5.41) is 0. The van der Waals surface area contributed by atoms with Crippen molar-refractivity contribution < 1.29 is 0 Å². The van der Waals surface area contributed by atoms with E-state index in [0.29, 0.717) is 0 Å². The average Bonchev–Trinajstić information content (AvgIpc) is 2.39. The predicted molar refractivity (Wildman–Crippen MR) is 87.5 cm³/mol. The van der Waals surface area contributed by atoms with Gasteiger partial charge < -0.3 is 0 Å². The van der Waals surface area contributed by atoms with Gasteiger partial charge >= 0.3 is 0 Å².